The van der Waals surface area contributed by atoms with Crippen LogP contribution in [0.5, 0.6) is 0 Å². The largest absolute Gasteiger partial charge is 0.392 e. The summed E-state index contributed by atoms with van der Waals surface area (Å²) in [6, 6.07) is 0. The second-order valence-electron chi connectivity index (χ2n) is 4.18. The van der Waals surface area contributed by atoms with Gasteiger partial charge in [-0.25, -0.2) is 8.42 Å². The van der Waals surface area contributed by atoms with Gasteiger partial charge in [-0.3, -0.25) is 0 Å². The van der Waals surface area contributed by atoms with E-state index in [9.17, 15) is 13.5 Å². The number of hydrogen-bond acceptors (Lipinski definition) is 4. The van der Waals surface area contributed by atoms with E-state index in [1.807, 2.05) is 0 Å². The third-order valence-corrected chi connectivity index (χ3v) is 4.34. The van der Waals surface area contributed by atoms with Gasteiger partial charge in [0.25, 0.3) is 0 Å². The number of rotatable bonds is 3. The highest BCUT2D eigenvalue weighted by molar-refractivity contribution is 7.91. The average molecular weight is 221 g/mol. The summed E-state index contributed by atoms with van der Waals surface area (Å²) in [4.78, 5) is 2.12. The van der Waals surface area contributed by atoms with Crippen LogP contribution in [0.2, 0.25) is 0 Å². The number of hydrogen-bond donors (Lipinski definition) is 1. The summed E-state index contributed by atoms with van der Waals surface area (Å²) in [5.74, 6) is 0. The zero-order valence-corrected chi connectivity index (χ0v) is 9.63. The van der Waals surface area contributed by atoms with Gasteiger partial charge in [0, 0.05) is 12.8 Å². The van der Waals surface area contributed by atoms with E-state index in [1.54, 1.807) is 6.92 Å². The molecular weight excluding hydrogens is 202 g/mol. The molecule has 0 aromatic carbocycles. The van der Waals surface area contributed by atoms with Gasteiger partial charge in [0.1, 0.15) is 9.84 Å². The predicted octanol–water partition coefficient (Wildman–Crippen LogP) is -0.124. The van der Waals surface area contributed by atoms with Crippen molar-refractivity contribution in [3.8, 4) is 0 Å². The van der Waals surface area contributed by atoms with Crippen LogP contribution in [0.4, 0.5) is 0 Å². The molecule has 1 aliphatic rings. The third kappa shape index (κ3) is 3.55. The summed E-state index contributed by atoms with van der Waals surface area (Å²) in [5, 5.41) is 9.00. The fourth-order valence-corrected chi connectivity index (χ4v) is 2.96. The maximum Gasteiger partial charge on any atom is 0.150 e. The molecule has 1 unspecified atom stereocenters. The lowest BCUT2D eigenvalue weighted by molar-refractivity contribution is 0.114. The van der Waals surface area contributed by atoms with E-state index in [2.05, 4.69) is 4.90 Å². The van der Waals surface area contributed by atoms with Gasteiger partial charge in [-0.2, -0.15) is 0 Å². The maximum atomic E-state index is 11.2. The van der Waals surface area contributed by atoms with E-state index < -0.39 is 9.84 Å². The van der Waals surface area contributed by atoms with Crippen molar-refractivity contribution in [2.24, 2.45) is 0 Å². The van der Waals surface area contributed by atoms with Crippen molar-refractivity contribution in [2.45, 2.75) is 31.1 Å². The summed E-state index contributed by atoms with van der Waals surface area (Å²) >= 11 is 0. The maximum absolute atomic E-state index is 11.2. The highest BCUT2D eigenvalue weighted by Gasteiger charge is 2.26. The lowest BCUT2D eigenvalue weighted by atomic mass is 10.1. The summed E-state index contributed by atoms with van der Waals surface area (Å²) in [5.41, 5.74) is 0. The molecule has 0 aliphatic carbocycles. The molecule has 14 heavy (non-hydrogen) atoms. The molecule has 1 atom stereocenters. The van der Waals surface area contributed by atoms with Crippen LogP contribution in [0.3, 0.4) is 0 Å². The molecule has 0 aromatic heterocycles. The average Bonchev–Trinajstić information content (AvgIpc) is 2.02. The van der Waals surface area contributed by atoms with Gasteiger partial charge in [-0.15, -0.1) is 0 Å². The monoisotopic (exact) mass is 221 g/mol. The van der Waals surface area contributed by atoms with Crippen LogP contribution < -0.4 is 0 Å². The highest BCUT2D eigenvalue weighted by Crippen LogP contribution is 2.16. The highest BCUT2D eigenvalue weighted by atomic mass is 32.2. The normalized spacial score (nSPS) is 23.6. The number of aliphatic hydroxyl groups excluding tert-OH is 1. The molecule has 5 heteroatoms. The fourth-order valence-electron chi connectivity index (χ4n) is 1.89. The number of likely N-dealkylation sites (tertiary alicyclic amines) is 1. The molecule has 1 heterocycles. The topological polar surface area (TPSA) is 57.6 Å². The van der Waals surface area contributed by atoms with E-state index in [-0.39, 0.29) is 11.4 Å². The molecule has 0 amide bonds. The van der Waals surface area contributed by atoms with Crippen molar-refractivity contribution in [2.75, 3.05) is 25.9 Å². The zero-order valence-electron chi connectivity index (χ0n) is 8.81. The van der Waals surface area contributed by atoms with Gasteiger partial charge in [0.2, 0.25) is 0 Å². The van der Waals surface area contributed by atoms with E-state index in [4.69, 9.17) is 0 Å². The van der Waals surface area contributed by atoms with Gasteiger partial charge >= 0.3 is 0 Å². The van der Waals surface area contributed by atoms with Gasteiger partial charge in [-0.1, -0.05) is 0 Å². The molecule has 0 bridgehead atoms. The summed E-state index contributed by atoms with van der Waals surface area (Å²) in [6.45, 7) is 3.96. The molecule has 0 saturated carbocycles. The molecule has 1 rings (SSSR count). The molecule has 4 nitrogen and oxygen atoms in total. The molecule has 84 valence electrons. The van der Waals surface area contributed by atoms with Crippen molar-refractivity contribution in [3.63, 3.8) is 0 Å². The van der Waals surface area contributed by atoms with E-state index in [0.29, 0.717) is 19.4 Å². The van der Waals surface area contributed by atoms with Crippen LogP contribution in [0.25, 0.3) is 0 Å². The standard InChI is InChI=1S/C9H19NO3S/c1-8(11)7-10-5-3-9(4-6-10)14(2,12)13/h8-9,11H,3-7H2,1-2H3. The van der Waals surface area contributed by atoms with Gasteiger partial charge < -0.3 is 10.0 Å². The molecule has 0 aromatic rings. The summed E-state index contributed by atoms with van der Waals surface area (Å²) in [7, 11) is -2.87. The number of β-amino-alcohol motifs (C(OH)–C–C–N with tert-alkyl or cyclic N) is 1. The Labute approximate surface area is 85.8 Å². The second-order valence-corrected chi connectivity index (χ2v) is 6.50. The first kappa shape index (κ1) is 11.9. The lowest BCUT2D eigenvalue weighted by Crippen LogP contribution is -2.41. The smallest absolute Gasteiger partial charge is 0.150 e. The molecule has 1 aliphatic heterocycles. The summed E-state index contributed by atoms with van der Waals surface area (Å²) < 4.78 is 22.5. The van der Waals surface area contributed by atoms with Crippen molar-refractivity contribution in [3.05, 3.63) is 0 Å². The van der Waals surface area contributed by atoms with Crippen LogP contribution >= 0.6 is 0 Å². The van der Waals surface area contributed by atoms with Gasteiger partial charge in [-0.05, 0) is 32.9 Å². The predicted molar refractivity (Wildman–Crippen MR) is 56.0 cm³/mol. The minimum atomic E-state index is -2.87. The van der Waals surface area contributed by atoms with E-state index in [1.165, 1.54) is 6.26 Å². The minimum Gasteiger partial charge on any atom is -0.392 e. The van der Waals surface area contributed by atoms with Crippen LogP contribution in [0.15, 0.2) is 0 Å². The third-order valence-electron chi connectivity index (χ3n) is 2.66. The van der Waals surface area contributed by atoms with E-state index >= 15 is 0 Å². The first-order chi connectivity index (χ1) is 6.39. The molecular formula is C9H19NO3S. The first-order valence-corrected chi connectivity index (χ1v) is 6.94. The Morgan fingerprint density at radius 2 is 1.93 bits per heavy atom. The SMILES string of the molecule is CC(O)CN1CCC(S(C)(=O)=O)CC1. The van der Waals surface area contributed by atoms with Crippen LogP contribution in [-0.2, 0) is 9.84 Å². The van der Waals surface area contributed by atoms with Crippen molar-refractivity contribution >= 4 is 9.84 Å². The quantitative estimate of drug-likeness (QED) is 0.721. The number of sulfone groups is 1. The number of piperidine rings is 1. The fraction of sp³-hybridized carbons (Fsp3) is 1.00. The van der Waals surface area contributed by atoms with Crippen LogP contribution in [0, 0.1) is 0 Å². The molecule has 0 spiro atoms. The Morgan fingerprint density at radius 1 is 1.43 bits per heavy atom. The van der Waals surface area contributed by atoms with Gasteiger partial charge in [0.05, 0.1) is 11.4 Å². The van der Waals surface area contributed by atoms with E-state index in [0.717, 1.165) is 13.1 Å². The van der Waals surface area contributed by atoms with Crippen molar-refractivity contribution in [1.29, 1.82) is 0 Å². The zero-order chi connectivity index (χ0) is 10.8. The first-order valence-electron chi connectivity index (χ1n) is 4.99. The Kier molecular flexibility index (Phi) is 3.92. The van der Waals surface area contributed by atoms with Crippen molar-refractivity contribution in [1.82, 2.24) is 4.90 Å². The number of nitrogens with zero attached hydrogens (tertiary/aromatic N) is 1. The molecule has 1 fully saturated rings. The molecule has 1 N–H and O–H groups in total. The summed E-state index contributed by atoms with van der Waals surface area (Å²) in [6.07, 6.45) is 2.38. The molecule has 1 saturated heterocycles. The Morgan fingerprint density at radius 3 is 2.29 bits per heavy atom. The molecule has 0 radical (unpaired) electrons. The second kappa shape index (κ2) is 4.59. The van der Waals surface area contributed by atoms with Crippen LogP contribution in [-0.4, -0.2) is 55.7 Å². The Bertz CT molecular complexity index is 266. The lowest BCUT2D eigenvalue weighted by Gasteiger charge is -2.31. The Hall–Kier alpha value is -0.130. The minimum absolute atomic E-state index is 0.173. The Balaban J connectivity index is 2.39. The van der Waals surface area contributed by atoms with Gasteiger partial charge in [0.15, 0.2) is 0 Å². The number of aliphatic hydroxyl groups is 1. The van der Waals surface area contributed by atoms with Crippen molar-refractivity contribution < 1.29 is 13.5 Å². The van der Waals surface area contributed by atoms with Crippen LogP contribution in [0.1, 0.15) is 19.8 Å².